The van der Waals surface area contributed by atoms with Gasteiger partial charge in [0, 0.05) is 24.3 Å². The zero-order valence-corrected chi connectivity index (χ0v) is 15.2. The van der Waals surface area contributed by atoms with Gasteiger partial charge in [0.1, 0.15) is 11.5 Å². The number of rotatable bonds is 8. The first-order chi connectivity index (χ1) is 13.4. The first-order valence-electron chi connectivity index (χ1n) is 8.04. The molecule has 2 rings (SSSR count). The number of non-ortho nitro benzene ring substituents is 1. The van der Waals surface area contributed by atoms with Crippen LogP contribution in [0.3, 0.4) is 0 Å². The highest BCUT2D eigenvalue weighted by Crippen LogP contribution is 2.28. The summed E-state index contributed by atoms with van der Waals surface area (Å²) < 4.78 is 15.1. The Balaban J connectivity index is 1.91. The van der Waals surface area contributed by atoms with E-state index in [4.69, 9.17) is 14.2 Å². The van der Waals surface area contributed by atoms with Gasteiger partial charge in [0.25, 0.3) is 11.6 Å². The third kappa shape index (κ3) is 5.84. The lowest BCUT2D eigenvalue weighted by Gasteiger charge is -2.11. The topological polar surface area (TPSA) is 117 Å². The number of nitrogens with zero attached hydrogens (tertiary/aromatic N) is 1. The van der Waals surface area contributed by atoms with Gasteiger partial charge in [-0.2, -0.15) is 0 Å². The van der Waals surface area contributed by atoms with Crippen LogP contribution in [-0.4, -0.2) is 37.6 Å². The van der Waals surface area contributed by atoms with Crippen LogP contribution in [0.4, 0.5) is 11.4 Å². The Morgan fingerprint density at radius 2 is 1.93 bits per heavy atom. The van der Waals surface area contributed by atoms with Crippen molar-refractivity contribution in [2.24, 2.45) is 0 Å². The molecule has 0 aliphatic rings. The van der Waals surface area contributed by atoms with Crippen molar-refractivity contribution in [3.63, 3.8) is 0 Å². The number of ether oxygens (including phenoxy) is 3. The second-order valence-corrected chi connectivity index (χ2v) is 5.41. The van der Waals surface area contributed by atoms with E-state index in [1.165, 1.54) is 38.5 Å². The van der Waals surface area contributed by atoms with Crippen LogP contribution >= 0.6 is 0 Å². The minimum Gasteiger partial charge on any atom is -0.497 e. The van der Waals surface area contributed by atoms with E-state index in [9.17, 15) is 19.7 Å². The summed E-state index contributed by atoms with van der Waals surface area (Å²) in [6, 6.07) is 10.6. The number of nitro benzene ring substituents is 1. The van der Waals surface area contributed by atoms with Gasteiger partial charge < -0.3 is 19.5 Å². The highest BCUT2D eigenvalue weighted by molar-refractivity contribution is 5.95. The first kappa shape index (κ1) is 20.4. The molecule has 0 radical (unpaired) electrons. The average molecular weight is 386 g/mol. The lowest BCUT2D eigenvalue weighted by Crippen LogP contribution is -2.20. The minimum atomic E-state index is -0.765. The van der Waals surface area contributed by atoms with Gasteiger partial charge in [-0.3, -0.25) is 14.9 Å². The summed E-state index contributed by atoms with van der Waals surface area (Å²) in [4.78, 5) is 33.9. The smallest absolute Gasteiger partial charge is 0.331 e. The quantitative estimate of drug-likeness (QED) is 0.321. The molecule has 2 aromatic rings. The van der Waals surface area contributed by atoms with Crippen LogP contribution in [0, 0.1) is 10.1 Å². The van der Waals surface area contributed by atoms with Crippen LogP contribution in [0.1, 0.15) is 5.56 Å². The summed E-state index contributed by atoms with van der Waals surface area (Å²) in [6.45, 7) is -0.515. The van der Waals surface area contributed by atoms with E-state index in [1.807, 2.05) is 0 Å². The molecule has 0 fully saturated rings. The molecule has 0 aliphatic heterocycles. The SMILES string of the molecule is COc1ccc(OC)c(NC(=O)COC(=O)/C=C/c2cccc([N+](=O)[O-])c2)c1. The number of hydrogen-bond donors (Lipinski definition) is 1. The molecular weight excluding hydrogens is 368 g/mol. The van der Waals surface area contributed by atoms with E-state index in [0.29, 0.717) is 22.7 Å². The van der Waals surface area contributed by atoms with Crippen LogP contribution in [0.15, 0.2) is 48.5 Å². The number of amides is 1. The third-order valence-electron chi connectivity index (χ3n) is 3.52. The summed E-state index contributed by atoms with van der Waals surface area (Å²) >= 11 is 0. The molecular formula is C19H18N2O7. The van der Waals surface area contributed by atoms with Crippen molar-refractivity contribution >= 4 is 29.3 Å². The number of nitrogens with one attached hydrogen (secondary N) is 1. The Morgan fingerprint density at radius 3 is 2.61 bits per heavy atom. The summed E-state index contributed by atoms with van der Waals surface area (Å²) in [7, 11) is 2.94. The Labute approximate surface area is 160 Å². The number of hydrogen-bond acceptors (Lipinski definition) is 7. The fourth-order valence-corrected chi connectivity index (χ4v) is 2.19. The predicted octanol–water partition coefficient (Wildman–Crippen LogP) is 2.81. The van der Waals surface area contributed by atoms with Gasteiger partial charge in [0.05, 0.1) is 24.8 Å². The monoisotopic (exact) mass is 386 g/mol. The number of carbonyl (C=O) groups excluding carboxylic acids is 2. The fraction of sp³-hybridized carbons (Fsp3) is 0.158. The van der Waals surface area contributed by atoms with Crippen molar-refractivity contribution in [2.45, 2.75) is 0 Å². The molecule has 2 aromatic carbocycles. The highest BCUT2D eigenvalue weighted by Gasteiger charge is 2.11. The average Bonchev–Trinajstić information content (AvgIpc) is 2.70. The molecule has 0 atom stereocenters. The van der Waals surface area contributed by atoms with E-state index in [1.54, 1.807) is 24.3 Å². The van der Waals surface area contributed by atoms with Gasteiger partial charge in [0.15, 0.2) is 6.61 Å². The molecule has 0 aliphatic carbocycles. The van der Waals surface area contributed by atoms with Crippen molar-refractivity contribution in [3.8, 4) is 11.5 Å². The van der Waals surface area contributed by atoms with Gasteiger partial charge in [-0.05, 0) is 23.8 Å². The maximum Gasteiger partial charge on any atom is 0.331 e. The standard InChI is InChI=1S/C19H18N2O7/c1-26-15-7-8-17(27-2)16(11-15)20-18(22)12-28-19(23)9-6-13-4-3-5-14(10-13)21(24)25/h3-11H,12H2,1-2H3,(H,20,22)/b9-6+. The Bertz CT molecular complexity index is 909. The van der Waals surface area contributed by atoms with E-state index in [2.05, 4.69) is 5.32 Å². The molecule has 0 unspecified atom stereocenters. The number of benzene rings is 2. The van der Waals surface area contributed by atoms with Crippen LogP contribution < -0.4 is 14.8 Å². The van der Waals surface area contributed by atoms with Gasteiger partial charge in [-0.15, -0.1) is 0 Å². The number of anilines is 1. The van der Waals surface area contributed by atoms with Crippen LogP contribution in [0.2, 0.25) is 0 Å². The van der Waals surface area contributed by atoms with Crippen LogP contribution in [0.5, 0.6) is 11.5 Å². The molecule has 1 amide bonds. The summed E-state index contributed by atoms with van der Waals surface area (Å²) in [5, 5.41) is 13.3. The summed E-state index contributed by atoms with van der Waals surface area (Å²) in [5.41, 5.74) is 0.730. The van der Waals surface area contributed by atoms with Gasteiger partial charge in [0.2, 0.25) is 0 Å². The van der Waals surface area contributed by atoms with Crippen LogP contribution in [0.25, 0.3) is 6.08 Å². The lowest BCUT2D eigenvalue weighted by atomic mass is 10.2. The van der Waals surface area contributed by atoms with E-state index in [-0.39, 0.29) is 5.69 Å². The van der Waals surface area contributed by atoms with Gasteiger partial charge >= 0.3 is 5.97 Å². The van der Waals surface area contributed by atoms with Crippen molar-refractivity contribution in [1.82, 2.24) is 0 Å². The summed E-state index contributed by atoms with van der Waals surface area (Å²) in [6.07, 6.45) is 2.44. The van der Waals surface area contributed by atoms with E-state index >= 15 is 0 Å². The molecule has 0 saturated carbocycles. The molecule has 0 heterocycles. The second-order valence-electron chi connectivity index (χ2n) is 5.41. The Hall–Kier alpha value is -3.88. The van der Waals surface area contributed by atoms with Crippen LogP contribution in [-0.2, 0) is 14.3 Å². The maximum atomic E-state index is 12.0. The summed E-state index contributed by atoms with van der Waals surface area (Å²) in [5.74, 6) is -0.387. The molecule has 0 spiro atoms. The van der Waals surface area contributed by atoms with E-state index in [0.717, 1.165) is 6.08 Å². The molecule has 0 bridgehead atoms. The highest BCUT2D eigenvalue weighted by atomic mass is 16.6. The Morgan fingerprint density at radius 1 is 1.14 bits per heavy atom. The zero-order valence-electron chi connectivity index (χ0n) is 15.2. The molecule has 0 saturated heterocycles. The van der Waals surface area contributed by atoms with Gasteiger partial charge in [-0.25, -0.2) is 4.79 Å². The number of methoxy groups -OCH3 is 2. The normalized spacial score (nSPS) is 10.4. The molecule has 1 N–H and O–H groups in total. The largest absolute Gasteiger partial charge is 0.497 e. The van der Waals surface area contributed by atoms with Crippen molar-refractivity contribution < 1.29 is 28.7 Å². The third-order valence-corrected chi connectivity index (χ3v) is 3.52. The number of carbonyl (C=O) groups is 2. The molecule has 28 heavy (non-hydrogen) atoms. The first-order valence-corrected chi connectivity index (χ1v) is 8.04. The Kier molecular flexibility index (Phi) is 7.09. The second kappa shape index (κ2) is 9.72. The van der Waals surface area contributed by atoms with E-state index < -0.39 is 23.4 Å². The van der Waals surface area contributed by atoms with Gasteiger partial charge in [-0.1, -0.05) is 12.1 Å². The molecule has 146 valence electrons. The fourth-order valence-electron chi connectivity index (χ4n) is 2.19. The van der Waals surface area contributed by atoms with Crippen molar-refractivity contribution in [2.75, 3.05) is 26.1 Å². The number of esters is 1. The molecule has 0 aromatic heterocycles. The maximum absolute atomic E-state index is 12.0. The predicted molar refractivity (Wildman–Crippen MR) is 101 cm³/mol. The zero-order chi connectivity index (χ0) is 20.5. The van der Waals surface area contributed by atoms with Crippen molar-refractivity contribution in [1.29, 1.82) is 0 Å². The molecule has 9 nitrogen and oxygen atoms in total. The minimum absolute atomic E-state index is 0.0952. The molecule has 9 heteroatoms. The number of nitro groups is 1. The van der Waals surface area contributed by atoms with Crippen molar-refractivity contribution in [3.05, 3.63) is 64.2 Å². The lowest BCUT2D eigenvalue weighted by molar-refractivity contribution is -0.384.